The number of hydrogen-bond donors (Lipinski definition) is 0. The quantitative estimate of drug-likeness (QED) is 0.407. The lowest BCUT2D eigenvalue weighted by molar-refractivity contribution is -0.147. The molecule has 0 fully saturated rings. The summed E-state index contributed by atoms with van der Waals surface area (Å²) in [6.45, 7) is 0. The van der Waals surface area contributed by atoms with Gasteiger partial charge in [-0.1, -0.05) is 60.7 Å². The van der Waals surface area contributed by atoms with Crippen molar-refractivity contribution in [2.24, 2.45) is 0 Å². The monoisotopic (exact) mass is 348 g/mol. The van der Waals surface area contributed by atoms with Gasteiger partial charge in [0.2, 0.25) is 5.24 Å². The number of esters is 1. The largest absolute Gasteiger partial charge is 0.453 e. The highest BCUT2D eigenvalue weighted by Gasteiger charge is 2.18. The number of rotatable bonds is 8. The van der Waals surface area contributed by atoms with E-state index in [9.17, 15) is 9.59 Å². The second-order valence-electron chi connectivity index (χ2n) is 4.85. The Morgan fingerprint density at radius 2 is 1.48 bits per heavy atom. The summed E-state index contributed by atoms with van der Waals surface area (Å²) in [5.41, 5.74) is 1.85. The predicted octanol–water partition coefficient (Wildman–Crippen LogP) is 4.21. The van der Waals surface area contributed by atoms with Gasteiger partial charge in [-0.25, -0.2) is 0 Å². The van der Waals surface area contributed by atoms with E-state index in [-0.39, 0.29) is 18.1 Å². The summed E-state index contributed by atoms with van der Waals surface area (Å²) in [6.07, 6.45) is -0.185. The van der Waals surface area contributed by atoms with E-state index in [0.717, 1.165) is 11.1 Å². The molecule has 0 bridgehead atoms. The van der Waals surface area contributed by atoms with Gasteiger partial charge in [-0.15, -0.1) is 0 Å². The zero-order valence-corrected chi connectivity index (χ0v) is 14.1. The third kappa shape index (κ3) is 6.08. The lowest BCUT2D eigenvalue weighted by Crippen LogP contribution is -2.13. The molecule has 0 unspecified atom stereocenters. The van der Waals surface area contributed by atoms with Crippen LogP contribution >= 0.6 is 23.4 Å². The number of carbonyl (C=O) groups excluding carboxylic acids is 2. The molecule has 0 saturated carbocycles. The molecule has 0 amide bonds. The van der Waals surface area contributed by atoms with Gasteiger partial charge in [0.25, 0.3) is 0 Å². The summed E-state index contributed by atoms with van der Waals surface area (Å²) in [5, 5.41) is -0.408. The Kier molecular flexibility index (Phi) is 7.17. The molecule has 0 aliphatic carbocycles. The summed E-state index contributed by atoms with van der Waals surface area (Å²) < 4.78 is 5.66. The zero-order chi connectivity index (χ0) is 16.5. The Bertz CT molecular complexity index is 592. The second kappa shape index (κ2) is 9.38. The SMILES string of the molecule is O=C(Cl)CSCCC(=O)OC(c1ccccc1)c1ccccc1. The molecule has 120 valence electrons. The third-order valence-electron chi connectivity index (χ3n) is 3.12. The van der Waals surface area contributed by atoms with Crippen LogP contribution in [0.2, 0.25) is 0 Å². The molecule has 2 aromatic rings. The maximum atomic E-state index is 12.1. The first-order valence-electron chi connectivity index (χ1n) is 7.22. The van der Waals surface area contributed by atoms with Gasteiger partial charge in [0.15, 0.2) is 6.10 Å². The minimum Gasteiger partial charge on any atom is -0.453 e. The Morgan fingerprint density at radius 1 is 0.957 bits per heavy atom. The van der Waals surface area contributed by atoms with Crippen LogP contribution in [0.4, 0.5) is 0 Å². The normalized spacial score (nSPS) is 10.5. The van der Waals surface area contributed by atoms with E-state index in [1.54, 1.807) is 0 Å². The first-order chi connectivity index (χ1) is 11.2. The van der Waals surface area contributed by atoms with Crippen molar-refractivity contribution in [3.8, 4) is 0 Å². The Morgan fingerprint density at radius 3 is 1.96 bits per heavy atom. The van der Waals surface area contributed by atoms with Gasteiger partial charge in [0.1, 0.15) is 0 Å². The first-order valence-corrected chi connectivity index (χ1v) is 8.75. The van der Waals surface area contributed by atoms with Crippen molar-refractivity contribution in [2.45, 2.75) is 12.5 Å². The highest BCUT2D eigenvalue weighted by molar-refractivity contribution is 8.00. The van der Waals surface area contributed by atoms with Gasteiger partial charge >= 0.3 is 5.97 Å². The molecule has 0 atom stereocenters. The van der Waals surface area contributed by atoms with E-state index >= 15 is 0 Å². The zero-order valence-electron chi connectivity index (χ0n) is 12.5. The number of thioether (sulfide) groups is 1. The molecule has 2 rings (SSSR count). The van der Waals surface area contributed by atoms with Gasteiger partial charge in [-0.05, 0) is 22.7 Å². The van der Waals surface area contributed by atoms with E-state index in [1.807, 2.05) is 60.7 Å². The van der Waals surface area contributed by atoms with Gasteiger partial charge in [-0.2, -0.15) is 11.8 Å². The number of halogens is 1. The van der Waals surface area contributed by atoms with E-state index in [1.165, 1.54) is 11.8 Å². The van der Waals surface area contributed by atoms with Crippen molar-refractivity contribution >= 4 is 34.6 Å². The van der Waals surface area contributed by atoms with Crippen molar-refractivity contribution in [1.29, 1.82) is 0 Å². The van der Waals surface area contributed by atoms with Crippen molar-refractivity contribution in [3.63, 3.8) is 0 Å². The number of hydrogen-bond acceptors (Lipinski definition) is 4. The molecule has 0 spiro atoms. The number of carbonyl (C=O) groups is 2. The average molecular weight is 349 g/mol. The molecule has 2 aromatic carbocycles. The second-order valence-corrected chi connectivity index (χ2v) is 6.38. The number of benzene rings is 2. The van der Waals surface area contributed by atoms with Gasteiger partial charge in [-0.3, -0.25) is 9.59 Å². The Labute approximate surface area is 145 Å². The van der Waals surface area contributed by atoms with E-state index in [2.05, 4.69) is 0 Å². The van der Waals surface area contributed by atoms with Crippen molar-refractivity contribution in [1.82, 2.24) is 0 Å². The van der Waals surface area contributed by atoms with Crippen LogP contribution in [0.1, 0.15) is 23.7 Å². The van der Waals surface area contributed by atoms with Crippen LogP contribution in [-0.4, -0.2) is 22.7 Å². The van der Waals surface area contributed by atoms with Crippen LogP contribution in [0.15, 0.2) is 60.7 Å². The van der Waals surface area contributed by atoms with Crippen LogP contribution in [0.25, 0.3) is 0 Å². The van der Waals surface area contributed by atoms with Gasteiger partial charge in [0.05, 0.1) is 12.2 Å². The fraction of sp³-hybridized carbons (Fsp3) is 0.222. The summed E-state index contributed by atoms with van der Waals surface area (Å²) in [6, 6.07) is 19.3. The summed E-state index contributed by atoms with van der Waals surface area (Å²) in [7, 11) is 0. The van der Waals surface area contributed by atoms with Crippen LogP contribution in [-0.2, 0) is 14.3 Å². The minimum atomic E-state index is -0.426. The highest BCUT2D eigenvalue weighted by Crippen LogP contribution is 2.26. The Hall–Kier alpha value is -1.78. The van der Waals surface area contributed by atoms with E-state index < -0.39 is 11.3 Å². The summed E-state index contributed by atoms with van der Waals surface area (Å²) >= 11 is 6.59. The maximum Gasteiger partial charge on any atom is 0.307 e. The Balaban J connectivity index is 2.01. The van der Waals surface area contributed by atoms with Crippen LogP contribution in [0.3, 0.4) is 0 Å². The van der Waals surface area contributed by atoms with Crippen molar-refractivity contribution in [2.75, 3.05) is 11.5 Å². The van der Waals surface area contributed by atoms with E-state index in [4.69, 9.17) is 16.3 Å². The summed E-state index contributed by atoms with van der Waals surface area (Å²) in [5.74, 6) is 0.417. The predicted molar refractivity (Wildman–Crippen MR) is 93.6 cm³/mol. The lowest BCUT2D eigenvalue weighted by Gasteiger charge is -2.19. The molecule has 0 aromatic heterocycles. The topological polar surface area (TPSA) is 43.4 Å². The highest BCUT2D eigenvalue weighted by atomic mass is 35.5. The van der Waals surface area contributed by atoms with Crippen LogP contribution in [0, 0.1) is 0 Å². The lowest BCUT2D eigenvalue weighted by atomic mass is 10.0. The standard InChI is InChI=1S/C18H17ClO3S/c19-16(20)13-23-12-11-17(21)22-18(14-7-3-1-4-8-14)15-9-5-2-6-10-15/h1-10,18H,11-13H2. The molecule has 0 saturated heterocycles. The van der Waals surface area contributed by atoms with Crippen molar-refractivity contribution in [3.05, 3.63) is 71.8 Å². The minimum absolute atomic E-state index is 0.204. The smallest absolute Gasteiger partial charge is 0.307 e. The third-order valence-corrected chi connectivity index (χ3v) is 4.37. The molecular weight excluding hydrogens is 332 g/mol. The van der Waals surface area contributed by atoms with Crippen LogP contribution in [0.5, 0.6) is 0 Å². The molecule has 0 aliphatic heterocycles. The molecule has 23 heavy (non-hydrogen) atoms. The molecule has 0 radical (unpaired) electrons. The molecular formula is C18H17ClO3S. The van der Waals surface area contributed by atoms with E-state index in [0.29, 0.717) is 5.75 Å². The molecule has 0 heterocycles. The molecule has 5 heteroatoms. The molecule has 0 N–H and O–H groups in total. The summed E-state index contributed by atoms with van der Waals surface area (Å²) in [4.78, 5) is 22.8. The first kappa shape index (κ1) is 17.6. The van der Waals surface area contributed by atoms with Crippen LogP contribution < -0.4 is 0 Å². The fourth-order valence-corrected chi connectivity index (χ4v) is 2.93. The molecule has 0 aliphatic rings. The van der Waals surface area contributed by atoms with Gasteiger partial charge < -0.3 is 4.74 Å². The average Bonchev–Trinajstić information content (AvgIpc) is 2.58. The maximum absolute atomic E-state index is 12.1. The number of ether oxygens (including phenoxy) is 1. The van der Waals surface area contributed by atoms with Gasteiger partial charge in [0, 0.05) is 5.75 Å². The molecule has 3 nitrogen and oxygen atoms in total. The van der Waals surface area contributed by atoms with Crippen molar-refractivity contribution < 1.29 is 14.3 Å². The fourth-order valence-electron chi connectivity index (χ4n) is 2.08.